The van der Waals surface area contributed by atoms with E-state index in [9.17, 15) is 0 Å². The second-order valence-corrected chi connectivity index (χ2v) is 5.62. The summed E-state index contributed by atoms with van der Waals surface area (Å²) in [7, 11) is 0. The molecule has 5 nitrogen and oxygen atoms in total. The maximum atomic E-state index is 5.54. The highest BCUT2D eigenvalue weighted by Gasteiger charge is 2.09. The molecule has 7 heteroatoms. The minimum atomic E-state index is 0.240. The van der Waals surface area contributed by atoms with E-state index in [-0.39, 0.29) is 6.01 Å². The number of para-hydroxylation sites is 1. The van der Waals surface area contributed by atoms with Gasteiger partial charge in [0.1, 0.15) is 6.33 Å². The first kappa shape index (κ1) is 13.3. The largest absolute Gasteiger partial charge is 0.403 e. The molecule has 2 aromatic heterocycles. The van der Waals surface area contributed by atoms with Gasteiger partial charge in [0, 0.05) is 10.7 Å². The highest BCUT2D eigenvalue weighted by molar-refractivity contribution is 9.11. The van der Waals surface area contributed by atoms with Crippen LogP contribution in [0.4, 0.5) is 0 Å². The summed E-state index contributed by atoms with van der Waals surface area (Å²) in [6.07, 6.45) is 3.24. The molecule has 0 bridgehead atoms. The van der Waals surface area contributed by atoms with Crippen LogP contribution in [0.3, 0.4) is 0 Å². The van der Waals surface area contributed by atoms with Gasteiger partial charge in [-0.25, -0.2) is 9.67 Å². The van der Waals surface area contributed by atoms with Gasteiger partial charge in [-0.05, 0) is 50.1 Å². The van der Waals surface area contributed by atoms with Crippen molar-refractivity contribution >= 4 is 31.9 Å². The lowest BCUT2D eigenvalue weighted by molar-refractivity contribution is 0.422. The molecule has 0 atom stereocenters. The van der Waals surface area contributed by atoms with Crippen molar-refractivity contribution in [3.8, 4) is 17.6 Å². The number of rotatable bonds is 3. The molecule has 3 aromatic rings. The topological polar surface area (TPSA) is 52.8 Å². The summed E-state index contributed by atoms with van der Waals surface area (Å²) in [5.74, 6) is 0.416. The molecule has 0 saturated carbocycles. The molecule has 0 radical (unpaired) electrons. The van der Waals surface area contributed by atoms with Gasteiger partial charge >= 0.3 is 6.01 Å². The van der Waals surface area contributed by atoms with Crippen LogP contribution in [0.1, 0.15) is 0 Å². The van der Waals surface area contributed by atoms with Gasteiger partial charge in [-0.2, -0.15) is 4.98 Å². The Morgan fingerprint density at radius 3 is 2.60 bits per heavy atom. The highest BCUT2D eigenvalue weighted by atomic mass is 79.9. The Bertz CT molecular complexity index is 730. The zero-order valence-electron chi connectivity index (χ0n) is 10.1. The van der Waals surface area contributed by atoms with E-state index in [4.69, 9.17) is 4.74 Å². The number of hydrogen-bond acceptors (Lipinski definition) is 4. The highest BCUT2D eigenvalue weighted by Crippen LogP contribution is 2.28. The molecule has 0 aliphatic rings. The molecule has 0 N–H and O–H groups in total. The number of aromatic nitrogens is 4. The average molecular weight is 396 g/mol. The van der Waals surface area contributed by atoms with Crippen molar-refractivity contribution in [1.29, 1.82) is 0 Å². The molecule has 2 heterocycles. The predicted molar refractivity (Wildman–Crippen MR) is 81.1 cm³/mol. The summed E-state index contributed by atoms with van der Waals surface area (Å²) in [6.45, 7) is 0. The number of ether oxygens (including phenoxy) is 1. The van der Waals surface area contributed by atoms with Crippen LogP contribution in [-0.4, -0.2) is 19.7 Å². The third kappa shape index (κ3) is 2.88. The molecule has 0 unspecified atom stereocenters. The summed E-state index contributed by atoms with van der Waals surface area (Å²) in [4.78, 5) is 8.26. The first-order valence-electron chi connectivity index (χ1n) is 5.68. The lowest BCUT2D eigenvalue weighted by Crippen LogP contribution is -1.95. The Morgan fingerprint density at radius 2 is 1.85 bits per heavy atom. The SMILES string of the molecule is Brc1cnc(Oc2ncn(-c3ccccc3)n2)c(Br)c1. The van der Waals surface area contributed by atoms with E-state index >= 15 is 0 Å². The molecule has 100 valence electrons. The normalized spacial score (nSPS) is 10.5. The predicted octanol–water partition coefficient (Wildman–Crippen LogP) is 3.98. The number of pyridine rings is 1. The second-order valence-electron chi connectivity index (χ2n) is 3.85. The second kappa shape index (κ2) is 5.72. The van der Waals surface area contributed by atoms with Crippen LogP contribution in [0.5, 0.6) is 11.9 Å². The number of halogens is 2. The van der Waals surface area contributed by atoms with Crippen molar-refractivity contribution in [3.63, 3.8) is 0 Å². The smallest absolute Gasteiger partial charge is 0.342 e. The summed E-state index contributed by atoms with van der Waals surface area (Å²) >= 11 is 6.71. The Morgan fingerprint density at radius 1 is 1.05 bits per heavy atom. The Labute approximate surface area is 131 Å². The van der Waals surface area contributed by atoms with Gasteiger partial charge in [0.05, 0.1) is 10.2 Å². The fourth-order valence-corrected chi connectivity index (χ4v) is 2.63. The van der Waals surface area contributed by atoms with Crippen molar-refractivity contribution in [2.75, 3.05) is 0 Å². The lowest BCUT2D eigenvalue weighted by atomic mass is 10.3. The van der Waals surface area contributed by atoms with Crippen LogP contribution in [0, 0.1) is 0 Å². The summed E-state index contributed by atoms with van der Waals surface area (Å²) < 4.78 is 8.77. The molecule has 20 heavy (non-hydrogen) atoms. The Hall–Kier alpha value is -1.73. The molecule has 3 rings (SSSR count). The Kier molecular flexibility index (Phi) is 3.79. The summed E-state index contributed by atoms with van der Waals surface area (Å²) in [6, 6.07) is 11.8. The van der Waals surface area contributed by atoms with E-state index in [2.05, 4.69) is 46.9 Å². The number of nitrogens with zero attached hydrogens (tertiary/aromatic N) is 4. The summed E-state index contributed by atoms with van der Waals surface area (Å²) in [5.41, 5.74) is 0.915. The van der Waals surface area contributed by atoms with Crippen molar-refractivity contribution in [1.82, 2.24) is 19.7 Å². The third-order valence-electron chi connectivity index (χ3n) is 2.45. The number of benzene rings is 1. The molecular weight excluding hydrogens is 388 g/mol. The number of hydrogen-bond donors (Lipinski definition) is 0. The van der Waals surface area contributed by atoms with E-state index in [1.54, 1.807) is 17.2 Å². The van der Waals surface area contributed by atoms with Crippen LogP contribution in [0.2, 0.25) is 0 Å². The fraction of sp³-hybridized carbons (Fsp3) is 0. The third-order valence-corrected chi connectivity index (χ3v) is 3.46. The quantitative estimate of drug-likeness (QED) is 0.673. The first-order chi connectivity index (χ1) is 9.72. The van der Waals surface area contributed by atoms with Gasteiger partial charge in [0.2, 0.25) is 5.88 Å². The first-order valence-corrected chi connectivity index (χ1v) is 7.27. The molecule has 0 amide bonds. The van der Waals surface area contributed by atoms with Crippen molar-refractivity contribution < 1.29 is 4.74 Å². The van der Waals surface area contributed by atoms with E-state index in [1.807, 2.05) is 36.4 Å². The van der Waals surface area contributed by atoms with Crippen molar-refractivity contribution in [2.45, 2.75) is 0 Å². The maximum absolute atomic E-state index is 5.54. The monoisotopic (exact) mass is 394 g/mol. The molecule has 0 fully saturated rings. The van der Waals surface area contributed by atoms with Gasteiger partial charge in [-0.3, -0.25) is 0 Å². The van der Waals surface area contributed by atoms with Gasteiger partial charge < -0.3 is 4.74 Å². The molecule has 0 aliphatic carbocycles. The average Bonchev–Trinajstić information content (AvgIpc) is 2.92. The van der Waals surface area contributed by atoms with Crippen LogP contribution in [0.15, 0.2) is 57.9 Å². The molecule has 0 aliphatic heterocycles. The van der Waals surface area contributed by atoms with Crippen molar-refractivity contribution in [3.05, 3.63) is 57.9 Å². The Balaban J connectivity index is 1.84. The van der Waals surface area contributed by atoms with Gasteiger partial charge in [0.15, 0.2) is 0 Å². The van der Waals surface area contributed by atoms with Crippen LogP contribution in [-0.2, 0) is 0 Å². The molecule has 1 aromatic carbocycles. The lowest BCUT2D eigenvalue weighted by Gasteiger charge is -2.02. The standard InChI is InChI=1S/C13H8Br2N4O/c14-9-6-11(15)12(16-7-9)20-13-17-8-19(18-13)10-4-2-1-3-5-10/h1-8H. The van der Waals surface area contributed by atoms with Crippen LogP contribution in [0.25, 0.3) is 5.69 Å². The minimum absolute atomic E-state index is 0.240. The van der Waals surface area contributed by atoms with Gasteiger partial charge in [-0.15, -0.1) is 5.10 Å². The van der Waals surface area contributed by atoms with Crippen molar-refractivity contribution in [2.24, 2.45) is 0 Å². The van der Waals surface area contributed by atoms with E-state index in [0.717, 1.165) is 14.6 Å². The molecular formula is C13H8Br2N4O. The zero-order valence-corrected chi connectivity index (χ0v) is 13.2. The van der Waals surface area contributed by atoms with Crippen LogP contribution >= 0.6 is 31.9 Å². The fourth-order valence-electron chi connectivity index (χ4n) is 1.56. The van der Waals surface area contributed by atoms with E-state index in [1.165, 1.54) is 0 Å². The zero-order chi connectivity index (χ0) is 13.9. The maximum Gasteiger partial charge on any atom is 0.342 e. The van der Waals surface area contributed by atoms with E-state index < -0.39 is 0 Å². The van der Waals surface area contributed by atoms with E-state index in [0.29, 0.717) is 5.88 Å². The summed E-state index contributed by atoms with van der Waals surface area (Å²) in [5, 5.41) is 4.25. The van der Waals surface area contributed by atoms with Crippen LogP contribution < -0.4 is 4.74 Å². The molecule has 0 saturated heterocycles. The van der Waals surface area contributed by atoms with Gasteiger partial charge in [-0.1, -0.05) is 18.2 Å². The molecule has 0 spiro atoms. The minimum Gasteiger partial charge on any atom is -0.403 e. The van der Waals surface area contributed by atoms with Gasteiger partial charge in [0.25, 0.3) is 0 Å².